The van der Waals surface area contributed by atoms with Gasteiger partial charge in [0, 0.05) is 11.2 Å². The fraction of sp³-hybridized carbons (Fsp3) is 0.444. The number of nitrogens with one attached hydrogen (secondary N) is 2. The first-order valence-electron chi connectivity index (χ1n) is 8.35. The van der Waals surface area contributed by atoms with Crippen LogP contribution in [0.25, 0.3) is 10.1 Å². The molecule has 1 saturated carbocycles. The molecule has 24 heavy (non-hydrogen) atoms. The van der Waals surface area contributed by atoms with Gasteiger partial charge in [-0.15, -0.1) is 11.3 Å². The summed E-state index contributed by atoms with van der Waals surface area (Å²) >= 11 is 1.44. The molecule has 0 bridgehead atoms. The van der Waals surface area contributed by atoms with Crippen LogP contribution in [0.15, 0.2) is 30.3 Å². The van der Waals surface area contributed by atoms with Gasteiger partial charge in [0.25, 0.3) is 5.91 Å². The summed E-state index contributed by atoms with van der Waals surface area (Å²) in [5.41, 5.74) is -0.860. The summed E-state index contributed by atoms with van der Waals surface area (Å²) in [6, 6.07) is 9.73. The highest BCUT2D eigenvalue weighted by Crippen LogP contribution is 2.30. The standard InChI is InChI=1S/C18H22N2O3S/c21-11-10-19-17(23)18(8-4-1-5-9-18)20-16(22)15-12-13-6-2-3-7-14(13)24-15/h2-3,6-7,12,21H,1,4-5,8-11H2,(H,19,23)(H,20,22). The Balaban J connectivity index is 1.80. The lowest BCUT2D eigenvalue weighted by Gasteiger charge is -2.36. The van der Waals surface area contributed by atoms with Crippen molar-refractivity contribution >= 4 is 33.2 Å². The van der Waals surface area contributed by atoms with Gasteiger partial charge in [0.2, 0.25) is 5.91 Å². The number of benzene rings is 1. The quantitative estimate of drug-likeness (QED) is 0.778. The molecule has 0 radical (unpaired) electrons. The van der Waals surface area contributed by atoms with Gasteiger partial charge in [-0.25, -0.2) is 0 Å². The SMILES string of the molecule is O=C(NC1(C(=O)NCCO)CCCCC1)c1cc2ccccc2s1. The van der Waals surface area contributed by atoms with Crippen molar-refractivity contribution in [3.63, 3.8) is 0 Å². The zero-order valence-electron chi connectivity index (χ0n) is 13.5. The second-order valence-electron chi connectivity index (χ2n) is 6.22. The van der Waals surface area contributed by atoms with Gasteiger partial charge in [-0.2, -0.15) is 0 Å². The molecule has 1 fully saturated rings. The van der Waals surface area contributed by atoms with Gasteiger partial charge in [0.15, 0.2) is 0 Å². The number of carbonyl (C=O) groups excluding carboxylic acids is 2. The molecule has 3 N–H and O–H groups in total. The van der Waals surface area contributed by atoms with E-state index in [-0.39, 0.29) is 25.0 Å². The van der Waals surface area contributed by atoms with E-state index < -0.39 is 5.54 Å². The maximum atomic E-state index is 12.7. The van der Waals surface area contributed by atoms with Crippen LogP contribution in [0.4, 0.5) is 0 Å². The van der Waals surface area contributed by atoms with E-state index in [4.69, 9.17) is 5.11 Å². The number of thiophene rings is 1. The van der Waals surface area contributed by atoms with Gasteiger partial charge < -0.3 is 15.7 Å². The predicted octanol–water partition coefficient (Wildman–Crippen LogP) is 2.44. The van der Waals surface area contributed by atoms with Gasteiger partial charge >= 0.3 is 0 Å². The number of aliphatic hydroxyl groups excluding tert-OH is 1. The smallest absolute Gasteiger partial charge is 0.262 e. The van der Waals surface area contributed by atoms with Gasteiger partial charge in [-0.3, -0.25) is 9.59 Å². The Hall–Kier alpha value is -1.92. The molecule has 1 aromatic carbocycles. The van der Waals surface area contributed by atoms with Gasteiger partial charge in [0.1, 0.15) is 5.54 Å². The van der Waals surface area contributed by atoms with Crippen LogP contribution >= 0.6 is 11.3 Å². The molecule has 1 aliphatic rings. The largest absolute Gasteiger partial charge is 0.395 e. The van der Waals surface area contributed by atoms with Crippen LogP contribution in [0.5, 0.6) is 0 Å². The molecule has 0 atom stereocenters. The number of fused-ring (bicyclic) bond motifs is 1. The second kappa shape index (κ2) is 7.32. The van der Waals surface area contributed by atoms with E-state index in [1.165, 1.54) is 11.3 Å². The van der Waals surface area contributed by atoms with Crippen molar-refractivity contribution in [3.05, 3.63) is 35.2 Å². The van der Waals surface area contributed by atoms with Gasteiger partial charge in [-0.1, -0.05) is 37.5 Å². The molecule has 0 aliphatic heterocycles. The molecule has 0 unspecified atom stereocenters. The highest BCUT2D eigenvalue weighted by molar-refractivity contribution is 7.20. The molecule has 3 rings (SSSR count). The number of rotatable bonds is 5. The third-order valence-corrected chi connectivity index (χ3v) is 5.66. The van der Waals surface area contributed by atoms with E-state index in [1.54, 1.807) is 0 Å². The summed E-state index contributed by atoms with van der Waals surface area (Å²) in [7, 11) is 0. The third kappa shape index (κ3) is 3.44. The summed E-state index contributed by atoms with van der Waals surface area (Å²) in [6.07, 6.45) is 4.19. The van der Waals surface area contributed by atoms with Crippen molar-refractivity contribution in [1.29, 1.82) is 0 Å². The number of aliphatic hydroxyl groups is 1. The Kier molecular flexibility index (Phi) is 5.16. The zero-order chi connectivity index (χ0) is 17.0. The number of hydrogen-bond acceptors (Lipinski definition) is 4. The van der Waals surface area contributed by atoms with Crippen molar-refractivity contribution in [3.8, 4) is 0 Å². The van der Waals surface area contributed by atoms with Crippen molar-refractivity contribution in [2.75, 3.05) is 13.2 Å². The van der Waals surface area contributed by atoms with Crippen LogP contribution in [0.1, 0.15) is 41.8 Å². The third-order valence-electron chi connectivity index (χ3n) is 4.54. The van der Waals surface area contributed by atoms with Crippen LogP contribution in [0, 0.1) is 0 Å². The number of amides is 2. The van der Waals surface area contributed by atoms with E-state index in [0.29, 0.717) is 17.7 Å². The molecule has 1 aliphatic carbocycles. The van der Waals surface area contributed by atoms with Crippen molar-refractivity contribution in [2.24, 2.45) is 0 Å². The van der Waals surface area contributed by atoms with E-state index in [9.17, 15) is 9.59 Å². The summed E-state index contributed by atoms with van der Waals surface area (Å²) in [5.74, 6) is -0.386. The Labute approximate surface area is 145 Å². The summed E-state index contributed by atoms with van der Waals surface area (Å²) in [4.78, 5) is 25.9. The molecule has 2 aromatic rings. The van der Waals surface area contributed by atoms with Gasteiger partial charge in [0.05, 0.1) is 11.5 Å². The monoisotopic (exact) mass is 346 g/mol. The molecule has 0 saturated heterocycles. The minimum Gasteiger partial charge on any atom is -0.395 e. The van der Waals surface area contributed by atoms with E-state index in [2.05, 4.69) is 10.6 Å². The molecule has 1 heterocycles. The normalized spacial score (nSPS) is 16.7. The first kappa shape index (κ1) is 16.9. The van der Waals surface area contributed by atoms with E-state index in [0.717, 1.165) is 29.3 Å². The van der Waals surface area contributed by atoms with Crippen LogP contribution in [-0.2, 0) is 4.79 Å². The Bertz CT molecular complexity index is 702. The van der Waals surface area contributed by atoms with E-state index >= 15 is 0 Å². The first-order chi connectivity index (χ1) is 11.6. The lowest BCUT2D eigenvalue weighted by atomic mass is 9.80. The maximum Gasteiger partial charge on any atom is 0.262 e. The molecule has 128 valence electrons. The molecule has 6 heteroatoms. The van der Waals surface area contributed by atoms with Gasteiger partial charge in [-0.05, 0) is 30.4 Å². The predicted molar refractivity (Wildman–Crippen MR) is 95.2 cm³/mol. The molecule has 1 aromatic heterocycles. The lowest BCUT2D eigenvalue weighted by molar-refractivity contribution is -0.128. The van der Waals surface area contributed by atoms with Crippen molar-refractivity contribution in [1.82, 2.24) is 10.6 Å². The summed E-state index contributed by atoms with van der Waals surface area (Å²) in [5, 5.41) is 15.7. The minimum atomic E-state index is -0.860. The summed E-state index contributed by atoms with van der Waals surface area (Å²) in [6.45, 7) is 0.103. The Morgan fingerprint density at radius 2 is 1.92 bits per heavy atom. The van der Waals surface area contributed by atoms with Crippen LogP contribution < -0.4 is 10.6 Å². The maximum absolute atomic E-state index is 12.7. The molecule has 5 nitrogen and oxygen atoms in total. The minimum absolute atomic E-state index is 0.105. The van der Waals surface area contributed by atoms with Crippen molar-refractivity contribution in [2.45, 2.75) is 37.6 Å². The molecular formula is C18H22N2O3S. The van der Waals surface area contributed by atoms with Crippen LogP contribution in [0.2, 0.25) is 0 Å². The Morgan fingerprint density at radius 1 is 1.17 bits per heavy atom. The number of hydrogen-bond donors (Lipinski definition) is 3. The summed E-state index contributed by atoms with van der Waals surface area (Å²) < 4.78 is 1.06. The first-order valence-corrected chi connectivity index (χ1v) is 9.16. The lowest BCUT2D eigenvalue weighted by Crippen LogP contribution is -2.59. The fourth-order valence-electron chi connectivity index (χ4n) is 3.28. The zero-order valence-corrected chi connectivity index (χ0v) is 14.3. The van der Waals surface area contributed by atoms with E-state index in [1.807, 2.05) is 30.3 Å². The average Bonchev–Trinajstić information content (AvgIpc) is 3.04. The van der Waals surface area contributed by atoms with Crippen LogP contribution in [-0.4, -0.2) is 35.6 Å². The highest BCUT2D eigenvalue weighted by Gasteiger charge is 2.41. The highest BCUT2D eigenvalue weighted by atomic mass is 32.1. The van der Waals surface area contributed by atoms with Crippen LogP contribution in [0.3, 0.4) is 0 Å². The fourth-order valence-corrected chi connectivity index (χ4v) is 4.23. The van der Waals surface area contributed by atoms with Crippen molar-refractivity contribution < 1.29 is 14.7 Å². The average molecular weight is 346 g/mol. The molecular weight excluding hydrogens is 324 g/mol. The topological polar surface area (TPSA) is 78.4 Å². The second-order valence-corrected chi connectivity index (χ2v) is 7.31. The molecule has 0 spiro atoms. The Morgan fingerprint density at radius 3 is 2.62 bits per heavy atom. The molecule has 2 amide bonds. The number of carbonyl (C=O) groups is 2.